The summed E-state index contributed by atoms with van der Waals surface area (Å²) in [5, 5.41) is 8.84. The largest absolute Gasteiger partial charge is 0.465 e. The fourth-order valence-electron chi connectivity index (χ4n) is 2.02. The van der Waals surface area contributed by atoms with Gasteiger partial charge in [-0.2, -0.15) is 0 Å². The predicted molar refractivity (Wildman–Crippen MR) is 71.5 cm³/mol. The number of hydrogen-bond donors (Lipinski definition) is 1. The average molecular weight is 246 g/mol. The molecule has 18 heavy (non-hydrogen) atoms. The highest BCUT2D eigenvalue weighted by atomic mass is 16.4. The van der Waals surface area contributed by atoms with E-state index in [0.717, 1.165) is 19.6 Å². The second-order valence-corrected chi connectivity index (χ2v) is 4.38. The maximum Gasteiger partial charge on any atom is 0.407 e. The van der Waals surface area contributed by atoms with Gasteiger partial charge in [0.1, 0.15) is 0 Å². The molecule has 1 amide bonds. The molecule has 4 nitrogen and oxygen atoms in total. The minimum Gasteiger partial charge on any atom is -0.465 e. The van der Waals surface area contributed by atoms with Gasteiger partial charge in [-0.1, -0.05) is 42.5 Å². The molecule has 4 heteroatoms. The lowest BCUT2D eigenvalue weighted by Crippen LogP contribution is -2.48. The highest BCUT2D eigenvalue weighted by molar-refractivity contribution is 5.65. The number of amides is 1. The second kappa shape index (κ2) is 6.21. The standard InChI is InChI=1S/C14H18N2O2/c17-14(18)16-11-9-15(10-12-16)8-4-7-13-5-2-1-3-6-13/h1-7H,8-12H2,(H,17,18)/b7-4+. The number of carbonyl (C=O) groups is 1. The molecule has 1 aliphatic rings. The molecule has 1 saturated heterocycles. The van der Waals surface area contributed by atoms with Gasteiger partial charge in [-0.25, -0.2) is 4.79 Å². The molecule has 1 heterocycles. The maximum absolute atomic E-state index is 10.8. The van der Waals surface area contributed by atoms with E-state index in [1.54, 1.807) is 0 Å². The Bertz CT molecular complexity index is 409. The summed E-state index contributed by atoms with van der Waals surface area (Å²) in [4.78, 5) is 14.5. The Morgan fingerprint density at radius 2 is 1.83 bits per heavy atom. The van der Waals surface area contributed by atoms with E-state index in [-0.39, 0.29) is 0 Å². The van der Waals surface area contributed by atoms with Crippen LogP contribution in [-0.2, 0) is 0 Å². The third-order valence-electron chi connectivity index (χ3n) is 3.12. The maximum atomic E-state index is 10.8. The lowest BCUT2D eigenvalue weighted by Gasteiger charge is -2.32. The molecule has 0 saturated carbocycles. The molecule has 1 aliphatic heterocycles. The average Bonchev–Trinajstić information content (AvgIpc) is 2.40. The van der Waals surface area contributed by atoms with Crippen molar-refractivity contribution < 1.29 is 9.90 Å². The van der Waals surface area contributed by atoms with Crippen molar-refractivity contribution in [3.05, 3.63) is 42.0 Å². The summed E-state index contributed by atoms with van der Waals surface area (Å²) in [6.45, 7) is 3.71. The van der Waals surface area contributed by atoms with E-state index in [0.29, 0.717) is 13.1 Å². The topological polar surface area (TPSA) is 43.8 Å². The van der Waals surface area contributed by atoms with Crippen LogP contribution >= 0.6 is 0 Å². The molecule has 1 aromatic carbocycles. The van der Waals surface area contributed by atoms with Crippen LogP contribution in [0.1, 0.15) is 5.56 Å². The van der Waals surface area contributed by atoms with Crippen molar-refractivity contribution in [2.24, 2.45) is 0 Å². The Labute approximate surface area is 107 Å². The zero-order chi connectivity index (χ0) is 12.8. The van der Waals surface area contributed by atoms with Gasteiger partial charge < -0.3 is 10.0 Å². The van der Waals surface area contributed by atoms with Crippen LogP contribution in [0.4, 0.5) is 4.79 Å². The first-order valence-corrected chi connectivity index (χ1v) is 6.17. The van der Waals surface area contributed by atoms with E-state index in [2.05, 4.69) is 29.2 Å². The van der Waals surface area contributed by atoms with Crippen LogP contribution in [0, 0.1) is 0 Å². The summed E-state index contributed by atoms with van der Waals surface area (Å²) in [6.07, 6.45) is 3.42. The molecule has 1 N–H and O–H groups in total. The Kier molecular flexibility index (Phi) is 4.36. The second-order valence-electron chi connectivity index (χ2n) is 4.38. The van der Waals surface area contributed by atoms with E-state index in [1.165, 1.54) is 10.5 Å². The van der Waals surface area contributed by atoms with E-state index in [4.69, 9.17) is 5.11 Å². The Hall–Kier alpha value is -1.81. The first kappa shape index (κ1) is 12.6. The molecule has 0 bridgehead atoms. The van der Waals surface area contributed by atoms with Crippen molar-refractivity contribution in [2.45, 2.75) is 0 Å². The molecule has 2 rings (SSSR count). The van der Waals surface area contributed by atoms with Crippen LogP contribution in [0.25, 0.3) is 6.08 Å². The monoisotopic (exact) mass is 246 g/mol. The van der Waals surface area contributed by atoms with Gasteiger partial charge in [-0.15, -0.1) is 0 Å². The number of benzene rings is 1. The van der Waals surface area contributed by atoms with Gasteiger partial charge >= 0.3 is 6.09 Å². The third-order valence-corrected chi connectivity index (χ3v) is 3.12. The highest BCUT2D eigenvalue weighted by Gasteiger charge is 2.18. The third kappa shape index (κ3) is 3.60. The molecule has 96 valence electrons. The van der Waals surface area contributed by atoms with Crippen molar-refractivity contribution in [3.63, 3.8) is 0 Å². The molecular formula is C14H18N2O2. The van der Waals surface area contributed by atoms with Gasteiger partial charge in [-0.3, -0.25) is 4.90 Å². The zero-order valence-corrected chi connectivity index (χ0v) is 10.3. The van der Waals surface area contributed by atoms with Gasteiger partial charge in [0.15, 0.2) is 0 Å². The lowest BCUT2D eigenvalue weighted by molar-refractivity contribution is 0.110. The molecule has 0 atom stereocenters. The van der Waals surface area contributed by atoms with Crippen molar-refractivity contribution in [3.8, 4) is 0 Å². The zero-order valence-electron chi connectivity index (χ0n) is 10.3. The Balaban J connectivity index is 1.76. The van der Waals surface area contributed by atoms with Crippen LogP contribution in [0.2, 0.25) is 0 Å². The minimum atomic E-state index is -0.811. The van der Waals surface area contributed by atoms with Crippen LogP contribution in [0.15, 0.2) is 36.4 Å². The lowest BCUT2D eigenvalue weighted by atomic mass is 10.2. The van der Waals surface area contributed by atoms with Gasteiger partial charge in [-0.05, 0) is 5.56 Å². The van der Waals surface area contributed by atoms with Crippen LogP contribution in [-0.4, -0.2) is 53.7 Å². The van der Waals surface area contributed by atoms with Gasteiger partial charge in [0, 0.05) is 32.7 Å². The summed E-state index contributed by atoms with van der Waals surface area (Å²) in [6, 6.07) is 10.2. The minimum absolute atomic E-state index is 0.606. The van der Waals surface area contributed by atoms with Gasteiger partial charge in [0.2, 0.25) is 0 Å². The molecule has 0 aliphatic carbocycles. The predicted octanol–water partition coefficient (Wildman–Crippen LogP) is 2.00. The van der Waals surface area contributed by atoms with Crippen molar-refractivity contribution in [1.82, 2.24) is 9.80 Å². The normalized spacial score (nSPS) is 17.2. The number of nitrogens with zero attached hydrogens (tertiary/aromatic N) is 2. The Morgan fingerprint density at radius 3 is 2.44 bits per heavy atom. The number of rotatable bonds is 3. The summed E-state index contributed by atoms with van der Waals surface area (Å²) < 4.78 is 0. The van der Waals surface area contributed by atoms with Crippen molar-refractivity contribution >= 4 is 12.2 Å². The summed E-state index contributed by atoms with van der Waals surface area (Å²) in [7, 11) is 0. The summed E-state index contributed by atoms with van der Waals surface area (Å²) >= 11 is 0. The first-order chi connectivity index (χ1) is 8.75. The van der Waals surface area contributed by atoms with Crippen LogP contribution in [0.3, 0.4) is 0 Å². The van der Waals surface area contributed by atoms with Gasteiger partial charge in [0.05, 0.1) is 0 Å². The van der Waals surface area contributed by atoms with E-state index in [9.17, 15) is 4.79 Å². The molecule has 0 spiro atoms. The summed E-state index contributed by atoms with van der Waals surface area (Å²) in [5.74, 6) is 0. The fourth-order valence-corrected chi connectivity index (χ4v) is 2.02. The number of carboxylic acid groups (broad SMARTS) is 1. The number of hydrogen-bond acceptors (Lipinski definition) is 2. The molecule has 1 aromatic rings. The SMILES string of the molecule is O=C(O)N1CCN(C/C=C/c2ccccc2)CC1. The van der Waals surface area contributed by atoms with E-state index in [1.807, 2.05) is 18.2 Å². The van der Waals surface area contributed by atoms with Crippen molar-refractivity contribution in [2.75, 3.05) is 32.7 Å². The molecule has 0 aromatic heterocycles. The van der Waals surface area contributed by atoms with Gasteiger partial charge in [0.25, 0.3) is 0 Å². The van der Waals surface area contributed by atoms with Crippen molar-refractivity contribution in [1.29, 1.82) is 0 Å². The van der Waals surface area contributed by atoms with Crippen LogP contribution in [0.5, 0.6) is 0 Å². The quantitative estimate of drug-likeness (QED) is 0.887. The first-order valence-electron chi connectivity index (χ1n) is 6.17. The summed E-state index contributed by atoms with van der Waals surface area (Å²) in [5.41, 5.74) is 1.20. The smallest absolute Gasteiger partial charge is 0.407 e. The highest BCUT2D eigenvalue weighted by Crippen LogP contribution is 2.04. The molecule has 0 radical (unpaired) electrons. The van der Waals surface area contributed by atoms with E-state index < -0.39 is 6.09 Å². The molecule has 0 unspecified atom stereocenters. The van der Waals surface area contributed by atoms with Crippen LogP contribution < -0.4 is 0 Å². The fraction of sp³-hybridized carbons (Fsp3) is 0.357. The van der Waals surface area contributed by atoms with E-state index >= 15 is 0 Å². The molecular weight excluding hydrogens is 228 g/mol. The Morgan fingerprint density at radius 1 is 1.17 bits per heavy atom. The number of piperazine rings is 1. The molecule has 1 fully saturated rings.